The zero-order valence-electron chi connectivity index (χ0n) is 12.7. The second-order valence-electron chi connectivity index (χ2n) is 4.78. The molecule has 1 aromatic heterocycles. The van der Waals surface area contributed by atoms with Crippen molar-refractivity contribution in [2.24, 2.45) is 0 Å². The minimum atomic E-state index is -4.63. The number of hydrogen-bond donors (Lipinski definition) is 2. The molecule has 0 saturated carbocycles. The minimum absolute atomic E-state index is 0.145. The molecule has 2 rings (SSSR count). The van der Waals surface area contributed by atoms with E-state index in [-0.39, 0.29) is 17.3 Å². The van der Waals surface area contributed by atoms with Crippen molar-refractivity contribution in [1.82, 2.24) is 9.97 Å². The highest BCUT2D eigenvalue weighted by atomic mass is 19.4. The number of benzene rings is 1. The Kier molecular flexibility index (Phi) is 4.94. The van der Waals surface area contributed by atoms with E-state index < -0.39 is 29.5 Å². The molecule has 0 bridgehead atoms. The van der Waals surface area contributed by atoms with Crippen LogP contribution in [0.4, 0.5) is 19.1 Å². The Bertz CT molecular complexity index is 845. The average molecular weight is 349 g/mol. The van der Waals surface area contributed by atoms with Crippen LogP contribution in [0.3, 0.4) is 0 Å². The van der Waals surface area contributed by atoms with Crippen LogP contribution in [0.5, 0.6) is 5.75 Å². The van der Waals surface area contributed by atoms with E-state index >= 15 is 0 Å². The molecule has 0 spiro atoms. The summed E-state index contributed by atoms with van der Waals surface area (Å²) in [4.78, 5) is 18.1. The SMILES string of the molecule is C[C@@H](Oc1ccccc1C(F)(F)F)C(=O)Nc1nc(C#N)c(C#N)[nH]1. The van der Waals surface area contributed by atoms with E-state index in [2.05, 4.69) is 15.3 Å². The maximum atomic E-state index is 12.9. The summed E-state index contributed by atoms with van der Waals surface area (Å²) < 4.78 is 43.8. The highest BCUT2D eigenvalue weighted by molar-refractivity contribution is 5.92. The van der Waals surface area contributed by atoms with Gasteiger partial charge in [0, 0.05) is 0 Å². The molecule has 1 heterocycles. The Morgan fingerprint density at radius 1 is 1.32 bits per heavy atom. The molecule has 0 aliphatic heterocycles. The number of alkyl halides is 3. The number of para-hydroxylation sites is 1. The van der Waals surface area contributed by atoms with Crippen LogP contribution < -0.4 is 10.1 Å². The van der Waals surface area contributed by atoms with Gasteiger partial charge < -0.3 is 9.72 Å². The number of ether oxygens (including phenoxy) is 1. The van der Waals surface area contributed by atoms with E-state index in [1.165, 1.54) is 19.1 Å². The number of amides is 1. The normalized spacial score (nSPS) is 11.9. The number of carbonyl (C=O) groups is 1. The molecular formula is C15H10F3N5O2. The van der Waals surface area contributed by atoms with E-state index in [1.54, 1.807) is 12.1 Å². The second-order valence-corrected chi connectivity index (χ2v) is 4.78. The first-order valence-electron chi connectivity index (χ1n) is 6.80. The number of rotatable bonds is 4. The zero-order chi connectivity index (χ0) is 18.6. The van der Waals surface area contributed by atoms with Crippen LogP contribution in [-0.2, 0) is 11.0 Å². The first kappa shape index (κ1) is 17.8. The number of hydrogen-bond acceptors (Lipinski definition) is 5. The molecule has 7 nitrogen and oxygen atoms in total. The number of anilines is 1. The van der Waals surface area contributed by atoms with Gasteiger partial charge in [-0.25, -0.2) is 4.98 Å². The first-order chi connectivity index (χ1) is 11.8. The van der Waals surface area contributed by atoms with Crippen LogP contribution in [0.1, 0.15) is 23.9 Å². The van der Waals surface area contributed by atoms with Crippen molar-refractivity contribution in [1.29, 1.82) is 10.5 Å². The lowest BCUT2D eigenvalue weighted by atomic mass is 10.2. The molecule has 0 aliphatic rings. The smallest absolute Gasteiger partial charge is 0.419 e. The summed E-state index contributed by atoms with van der Waals surface area (Å²) in [6.45, 7) is 1.25. The highest BCUT2D eigenvalue weighted by Gasteiger charge is 2.34. The van der Waals surface area contributed by atoms with E-state index in [0.29, 0.717) is 0 Å². The van der Waals surface area contributed by atoms with E-state index in [1.807, 2.05) is 0 Å². The Hall–Kier alpha value is -3.53. The molecule has 0 unspecified atom stereocenters. The largest absolute Gasteiger partial charge is 0.480 e. The Morgan fingerprint density at radius 3 is 2.56 bits per heavy atom. The zero-order valence-corrected chi connectivity index (χ0v) is 12.7. The fraction of sp³-hybridized carbons (Fsp3) is 0.200. The third-order valence-electron chi connectivity index (χ3n) is 3.03. The number of carbonyl (C=O) groups excluding carboxylic acids is 1. The van der Waals surface area contributed by atoms with Gasteiger partial charge in [0.2, 0.25) is 5.95 Å². The lowest BCUT2D eigenvalue weighted by Gasteiger charge is -2.17. The standard InChI is InChI=1S/C15H10F3N5O2/c1-8(25-12-5-3-2-4-9(12)15(16,17)18)13(24)23-14-21-10(6-19)11(7-20)22-14/h2-5,8H,1H3,(H2,21,22,23,24)/t8-/m1/s1. The van der Waals surface area contributed by atoms with Crippen molar-refractivity contribution < 1.29 is 22.7 Å². The maximum Gasteiger partial charge on any atom is 0.419 e. The topological polar surface area (TPSA) is 115 Å². The van der Waals surface area contributed by atoms with Crippen LogP contribution in [0, 0.1) is 22.7 Å². The molecule has 0 fully saturated rings. The number of H-pyrrole nitrogens is 1. The van der Waals surface area contributed by atoms with Gasteiger partial charge in [-0.15, -0.1) is 0 Å². The van der Waals surface area contributed by atoms with Crippen LogP contribution in [0.25, 0.3) is 0 Å². The van der Waals surface area contributed by atoms with E-state index in [0.717, 1.165) is 12.1 Å². The molecule has 10 heteroatoms. The molecule has 1 amide bonds. The summed E-state index contributed by atoms with van der Waals surface area (Å²) in [7, 11) is 0. The highest BCUT2D eigenvalue weighted by Crippen LogP contribution is 2.36. The first-order valence-corrected chi connectivity index (χ1v) is 6.80. The second kappa shape index (κ2) is 6.93. The number of aromatic amines is 1. The predicted octanol–water partition coefficient (Wildman–Crippen LogP) is 2.58. The van der Waals surface area contributed by atoms with E-state index in [9.17, 15) is 18.0 Å². The monoisotopic (exact) mass is 349 g/mol. The lowest BCUT2D eigenvalue weighted by molar-refractivity contribution is -0.140. The van der Waals surface area contributed by atoms with Crippen molar-refractivity contribution in [3.05, 3.63) is 41.2 Å². The van der Waals surface area contributed by atoms with Crippen molar-refractivity contribution in [3.8, 4) is 17.9 Å². The summed E-state index contributed by atoms with van der Waals surface area (Å²) in [5.41, 5.74) is -1.37. The van der Waals surface area contributed by atoms with Gasteiger partial charge in [0.05, 0.1) is 5.56 Å². The summed E-state index contributed by atoms with van der Waals surface area (Å²) in [6.07, 6.45) is -5.92. The van der Waals surface area contributed by atoms with E-state index in [4.69, 9.17) is 15.3 Å². The number of aromatic nitrogens is 2. The number of nitriles is 2. The van der Waals surface area contributed by atoms with Gasteiger partial charge in [0.1, 0.15) is 17.9 Å². The number of halogens is 3. The maximum absolute atomic E-state index is 12.9. The molecule has 0 aliphatic carbocycles. The van der Waals surface area contributed by atoms with Crippen molar-refractivity contribution in [3.63, 3.8) is 0 Å². The van der Waals surface area contributed by atoms with Crippen LogP contribution in [0.15, 0.2) is 24.3 Å². The molecular weight excluding hydrogens is 339 g/mol. The van der Waals surface area contributed by atoms with Crippen molar-refractivity contribution in [2.45, 2.75) is 19.2 Å². The molecule has 0 saturated heterocycles. The number of nitrogens with zero attached hydrogens (tertiary/aromatic N) is 3. The number of imidazole rings is 1. The van der Waals surface area contributed by atoms with Gasteiger partial charge in [-0.05, 0) is 19.1 Å². The Labute approximate surface area is 139 Å². The van der Waals surface area contributed by atoms with Gasteiger partial charge in [-0.1, -0.05) is 12.1 Å². The molecule has 0 radical (unpaired) electrons. The minimum Gasteiger partial charge on any atom is -0.480 e. The molecule has 1 aromatic carbocycles. The van der Waals surface area contributed by atoms with Gasteiger partial charge in [0.15, 0.2) is 17.5 Å². The van der Waals surface area contributed by atoms with Gasteiger partial charge in [-0.3, -0.25) is 10.1 Å². The Balaban J connectivity index is 2.13. The summed E-state index contributed by atoms with van der Waals surface area (Å²) in [6, 6.07) is 7.83. The lowest BCUT2D eigenvalue weighted by Crippen LogP contribution is -2.31. The van der Waals surface area contributed by atoms with Gasteiger partial charge >= 0.3 is 6.18 Å². The quantitative estimate of drug-likeness (QED) is 0.880. The predicted molar refractivity (Wildman–Crippen MR) is 78.2 cm³/mol. The van der Waals surface area contributed by atoms with Crippen LogP contribution in [-0.4, -0.2) is 22.0 Å². The van der Waals surface area contributed by atoms with Gasteiger partial charge in [-0.2, -0.15) is 23.7 Å². The summed E-state index contributed by atoms with van der Waals surface area (Å²) in [5, 5.41) is 19.8. The van der Waals surface area contributed by atoms with Crippen LogP contribution >= 0.6 is 0 Å². The summed E-state index contributed by atoms with van der Waals surface area (Å²) in [5.74, 6) is -1.48. The Morgan fingerprint density at radius 2 is 2.00 bits per heavy atom. The van der Waals surface area contributed by atoms with Crippen molar-refractivity contribution in [2.75, 3.05) is 5.32 Å². The van der Waals surface area contributed by atoms with Crippen molar-refractivity contribution >= 4 is 11.9 Å². The molecule has 2 N–H and O–H groups in total. The molecule has 25 heavy (non-hydrogen) atoms. The average Bonchev–Trinajstić information content (AvgIpc) is 2.96. The molecule has 2 aromatic rings. The third kappa shape index (κ3) is 4.06. The van der Waals surface area contributed by atoms with Crippen LogP contribution in [0.2, 0.25) is 0 Å². The molecule has 1 atom stereocenters. The number of nitrogens with one attached hydrogen (secondary N) is 2. The third-order valence-corrected chi connectivity index (χ3v) is 3.03. The fourth-order valence-corrected chi connectivity index (χ4v) is 1.86. The fourth-order valence-electron chi connectivity index (χ4n) is 1.86. The van der Waals surface area contributed by atoms with Gasteiger partial charge in [0.25, 0.3) is 5.91 Å². The summed E-state index contributed by atoms with van der Waals surface area (Å²) >= 11 is 0. The molecule has 128 valence electrons.